The van der Waals surface area contributed by atoms with Gasteiger partial charge in [0.1, 0.15) is 6.04 Å². The molecule has 1 heterocycles. The normalized spacial score (nSPS) is 35.7. The van der Waals surface area contributed by atoms with Crippen molar-refractivity contribution in [2.24, 2.45) is 17.8 Å². The summed E-state index contributed by atoms with van der Waals surface area (Å²) in [5.41, 5.74) is -0.813. The van der Waals surface area contributed by atoms with E-state index in [1.807, 2.05) is 25.7 Å². The predicted octanol–water partition coefficient (Wildman–Crippen LogP) is 1.58. The molecule has 1 aliphatic carbocycles. The molecule has 0 aromatic heterocycles. The second-order valence-electron chi connectivity index (χ2n) is 6.58. The second kappa shape index (κ2) is 4.82. The van der Waals surface area contributed by atoms with Crippen LogP contribution in [0.4, 0.5) is 0 Å². The molecule has 0 spiro atoms. The van der Waals surface area contributed by atoms with Gasteiger partial charge in [0.05, 0.1) is 5.60 Å². The Hall–Kier alpha value is -0.610. The van der Waals surface area contributed by atoms with Crippen molar-refractivity contribution in [1.82, 2.24) is 4.90 Å². The van der Waals surface area contributed by atoms with Crippen LogP contribution in [-0.4, -0.2) is 45.8 Å². The van der Waals surface area contributed by atoms with Gasteiger partial charge in [0.25, 0.3) is 0 Å². The highest BCUT2D eigenvalue weighted by Crippen LogP contribution is 2.42. The first kappa shape index (κ1) is 13.8. The van der Waals surface area contributed by atoms with Crippen LogP contribution < -0.4 is 0 Å². The summed E-state index contributed by atoms with van der Waals surface area (Å²) in [7, 11) is 0. The fraction of sp³-hybridized carbons (Fsp3) is 0.929. The van der Waals surface area contributed by atoms with Crippen molar-refractivity contribution in [2.45, 2.75) is 51.7 Å². The minimum absolute atomic E-state index is 0.132. The van der Waals surface area contributed by atoms with Gasteiger partial charge in [0.2, 0.25) is 0 Å². The van der Waals surface area contributed by atoms with E-state index < -0.39 is 11.6 Å². The SMILES string of the molecule is CC(C)C(C)(O)CN1CC2CCCC2C1C(=O)O. The Balaban J connectivity index is 2.11. The summed E-state index contributed by atoms with van der Waals surface area (Å²) in [4.78, 5) is 13.5. The summed E-state index contributed by atoms with van der Waals surface area (Å²) in [6, 6.07) is -0.386. The van der Waals surface area contributed by atoms with Gasteiger partial charge in [-0.2, -0.15) is 0 Å². The first-order valence-electron chi connectivity index (χ1n) is 7.02. The molecule has 2 rings (SSSR count). The molecule has 4 atom stereocenters. The molecule has 18 heavy (non-hydrogen) atoms. The molecule has 4 unspecified atom stereocenters. The van der Waals surface area contributed by atoms with Gasteiger partial charge < -0.3 is 10.2 Å². The number of hydrogen-bond acceptors (Lipinski definition) is 3. The van der Waals surface area contributed by atoms with E-state index in [9.17, 15) is 15.0 Å². The van der Waals surface area contributed by atoms with Crippen LogP contribution in [0, 0.1) is 17.8 Å². The van der Waals surface area contributed by atoms with Crippen LogP contribution in [0.1, 0.15) is 40.0 Å². The molecule has 2 N–H and O–H groups in total. The van der Waals surface area contributed by atoms with E-state index in [0.717, 1.165) is 25.8 Å². The van der Waals surface area contributed by atoms with Crippen molar-refractivity contribution in [1.29, 1.82) is 0 Å². The van der Waals surface area contributed by atoms with Crippen LogP contribution in [0.15, 0.2) is 0 Å². The molecule has 0 aromatic rings. The van der Waals surface area contributed by atoms with E-state index in [0.29, 0.717) is 18.4 Å². The Bertz CT molecular complexity index is 327. The second-order valence-corrected chi connectivity index (χ2v) is 6.58. The van der Waals surface area contributed by atoms with Crippen molar-refractivity contribution in [3.8, 4) is 0 Å². The summed E-state index contributed by atoms with van der Waals surface area (Å²) < 4.78 is 0. The molecule has 4 nitrogen and oxygen atoms in total. The molecule has 4 heteroatoms. The number of aliphatic hydroxyl groups is 1. The number of carboxylic acids is 1. The number of likely N-dealkylation sites (tertiary alicyclic amines) is 1. The minimum Gasteiger partial charge on any atom is -0.480 e. The summed E-state index contributed by atoms with van der Waals surface area (Å²) in [5.74, 6) is 0.232. The van der Waals surface area contributed by atoms with Crippen molar-refractivity contribution in [2.75, 3.05) is 13.1 Å². The minimum atomic E-state index is -0.813. The maximum absolute atomic E-state index is 11.5. The highest BCUT2D eigenvalue weighted by Gasteiger charge is 2.49. The standard InChI is InChI=1S/C14H25NO3/c1-9(2)14(3,18)8-15-7-10-5-4-6-11(10)12(15)13(16)17/h9-12,18H,4-8H2,1-3H3,(H,16,17). The first-order valence-corrected chi connectivity index (χ1v) is 7.02. The molecule has 0 aromatic carbocycles. The van der Waals surface area contributed by atoms with Gasteiger partial charge in [-0.15, -0.1) is 0 Å². The van der Waals surface area contributed by atoms with E-state index >= 15 is 0 Å². The largest absolute Gasteiger partial charge is 0.480 e. The van der Waals surface area contributed by atoms with Crippen LogP contribution in [0.25, 0.3) is 0 Å². The molecule has 1 saturated carbocycles. The number of fused-ring (bicyclic) bond motifs is 1. The van der Waals surface area contributed by atoms with E-state index in [1.54, 1.807) is 0 Å². The summed E-state index contributed by atoms with van der Waals surface area (Å²) >= 11 is 0. The lowest BCUT2D eigenvalue weighted by atomic mass is 9.91. The van der Waals surface area contributed by atoms with Crippen molar-refractivity contribution in [3.05, 3.63) is 0 Å². The van der Waals surface area contributed by atoms with Gasteiger partial charge in [-0.05, 0) is 37.5 Å². The monoisotopic (exact) mass is 255 g/mol. The number of carbonyl (C=O) groups is 1. The molecular formula is C14H25NO3. The quantitative estimate of drug-likeness (QED) is 0.800. The van der Waals surface area contributed by atoms with E-state index in [-0.39, 0.29) is 12.0 Å². The summed E-state index contributed by atoms with van der Waals surface area (Å²) in [6.07, 6.45) is 3.34. The number of hydrogen-bond donors (Lipinski definition) is 2. The highest BCUT2D eigenvalue weighted by atomic mass is 16.4. The van der Waals surface area contributed by atoms with Crippen LogP contribution in [0.2, 0.25) is 0 Å². The zero-order valence-corrected chi connectivity index (χ0v) is 11.6. The van der Waals surface area contributed by atoms with E-state index in [1.165, 1.54) is 0 Å². The lowest BCUT2D eigenvalue weighted by Crippen LogP contribution is -2.49. The Morgan fingerprint density at radius 1 is 1.44 bits per heavy atom. The van der Waals surface area contributed by atoms with Crippen molar-refractivity contribution < 1.29 is 15.0 Å². The number of rotatable bonds is 4. The van der Waals surface area contributed by atoms with Gasteiger partial charge in [0, 0.05) is 13.1 Å². The predicted molar refractivity (Wildman–Crippen MR) is 69.3 cm³/mol. The zero-order chi connectivity index (χ0) is 13.5. The Morgan fingerprint density at radius 2 is 2.11 bits per heavy atom. The van der Waals surface area contributed by atoms with Crippen LogP contribution >= 0.6 is 0 Å². The third kappa shape index (κ3) is 2.41. The van der Waals surface area contributed by atoms with Crippen LogP contribution in [0.5, 0.6) is 0 Å². The molecular weight excluding hydrogens is 230 g/mol. The maximum Gasteiger partial charge on any atom is 0.321 e. The smallest absolute Gasteiger partial charge is 0.321 e. The van der Waals surface area contributed by atoms with Crippen LogP contribution in [-0.2, 0) is 4.79 Å². The van der Waals surface area contributed by atoms with Crippen molar-refractivity contribution in [3.63, 3.8) is 0 Å². The van der Waals surface area contributed by atoms with Gasteiger partial charge in [0.15, 0.2) is 0 Å². The molecule has 0 bridgehead atoms. The lowest BCUT2D eigenvalue weighted by molar-refractivity contribution is -0.145. The number of nitrogens with zero attached hydrogens (tertiary/aromatic N) is 1. The topological polar surface area (TPSA) is 60.8 Å². The molecule has 0 amide bonds. The van der Waals surface area contributed by atoms with Gasteiger partial charge in [-0.3, -0.25) is 9.69 Å². The number of β-amino-alcohol motifs (C(OH)–C–C–N with tert-alkyl or cyclic N) is 1. The fourth-order valence-electron chi connectivity index (χ4n) is 3.49. The van der Waals surface area contributed by atoms with Crippen molar-refractivity contribution >= 4 is 5.97 Å². The molecule has 0 radical (unpaired) electrons. The number of carboxylic acid groups (broad SMARTS) is 1. The summed E-state index contributed by atoms with van der Waals surface area (Å²) in [5, 5.41) is 19.8. The number of aliphatic carboxylic acids is 1. The lowest BCUT2D eigenvalue weighted by Gasteiger charge is -2.35. The molecule has 2 aliphatic rings. The Labute approximate surface area is 109 Å². The Morgan fingerprint density at radius 3 is 2.67 bits per heavy atom. The average Bonchev–Trinajstić information content (AvgIpc) is 2.75. The molecule has 2 fully saturated rings. The Kier molecular flexibility index (Phi) is 3.70. The first-order chi connectivity index (χ1) is 8.33. The third-order valence-corrected chi connectivity index (χ3v) is 5.01. The maximum atomic E-state index is 11.5. The van der Waals surface area contributed by atoms with E-state index in [2.05, 4.69) is 0 Å². The van der Waals surface area contributed by atoms with E-state index in [4.69, 9.17) is 0 Å². The summed E-state index contributed by atoms with van der Waals surface area (Å²) in [6.45, 7) is 7.07. The molecule has 104 valence electrons. The van der Waals surface area contributed by atoms with Gasteiger partial charge >= 0.3 is 5.97 Å². The third-order valence-electron chi connectivity index (χ3n) is 5.01. The fourth-order valence-corrected chi connectivity index (χ4v) is 3.49. The molecule has 1 aliphatic heterocycles. The average molecular weight is 255 g/mol. The zero-order valence-electron chi connectivity index (χ0n) is 11.6. The van der Waals surface area contributed by atoms with Crippen LogP contribution in [0.3, 0.4) is 0 Å². The molecule has 1 saturated heterocycles. The van der Waals surface area contributed by atoms with Gasteiger partial charge in [-0.1, -0.05) is 20.3 Å². The van der Waals surface area contributed by atoms with Gasteiger partial charge in [-0.25, -0.2) is 0 Å². The highest BCUT2D eigenvalue weighted by molar-refractivity contribution is 5.74.